The third-order valence-electron chi connectivity index (χ3n) is 2.06. The number of nitro groups is 1. The van der Waals surface area contributed by atoms with E-state index in [-0.39, 0.29) is 5.69 Å². The van der Waals surface area contributed by atoms with Crippen LogP contribution in [0.5, 0.6) is 5.75 Å². The van der Waals surface area contributed by atoms with Crippen LogP contribution >= 0.6 is 6.72 Å². The molecule has 1 aromatic carbocycles. The van der Waals surface area contributed by atoms with Gasteiger partial charge >= 0.3 is 6.72 Å². The largest absolute Gasteiger partial charge is 0.424 e. The number of rotatable bonds is 8. The van der Waals surface area contributed by atoms with Gasteiger partial charge in [-0.1, -0.05) is 6.92 Å². The molecule has 0 aliphatic carbocycles. The molecular formula is C13H22NO6PS. The molecule has 0 aromatic heterocycles. The molecule has 0 atom stereocenters. The minimum Gasteiger partial charge on any atom is -0.424 e. The van der Waals surface area contributed by atoms with Crippen LogP contribution in [-0.2, 0) is 20.9 Å². The third kappa shape index (κ3) is 8.41. The van der Waals surface area contributed by atoms with Gasteiger partial charge in [-0.05, 0) is 32.4 Å². The first kappa shape index (κ1) is 20.9. The van der Waals surface area contributed by atoms with Crippen LogP contribution in [0.3, 0.4) is 0 Å². The zero-order valence-corrected chi connectivity index (χ0v) is 14.6. The van der Waals surface area contributed by atoms with Crippen molar-refractivity contribution in [1.82, 2.24) is 0 Å². The Hall–Kier alpha value is -1.05. The highest BCUT2D eigenvalue weighted by Gasteiger charge is 2.21. The average Bonchev–Trinajstić information content (AvgIpc) is 2.48. The summed E-state index contributed by atoms with van der Waals surface area (Å²) in [5, 5.41) is 18.4. The minimum atomic E-state index is -2.82. The summed E-state index contributed by atoms with van der Waals surface area (Å²) < 4.78 is 16.1. The number of hydrogen-bond donors (Lipinski definition) is 1. The van der Waals surface area contributed by atoms with Crippen LogP contribution < -0.4 is 4.52 Å². The molecule has 0 spiro atoms. The van der Waals surface area contributed by atoms with Crippen molar-refractivity contribution in [1.29, 1.82) is 0 Å². The molecule has 0 aliphatic rings. The predicted molar refractivity (Wildman–Crippen MR) is 88.6 cm³/mol. The Balaban J connectivity index is 0.000000980. The van der Waals surface area contributed by atoms with Gasteiger partial charge < -0.3 is 9.63 Å². The summed E-state index contributed by atoms with van der Waals surface area (Å²) in [6.45, 7) is 3.77. The molecule has 0 radical (unpaired) electrons. The highest BCUT2D eigenvalue weighted by molar-refractivity contribution is 8.07. The lowest BCUT2D eigenvalue weighted by Crippen LogP contribution is -2.02. The summed E-state index contributed by atoms with van der Waals surface area (Å²) in [6, 6.07) is 5.62. The van der Waals surface area contributed by atoms with Crippen LogP contribution in [0.2, 0.25) is 0 Å². The summed E-state index contributed by atoms with van der Waals surface area (Å²) in [7, 11) is 0. The van der Waals surface area contributed by atoms with Gasteiger partial charge in [0.1, 0.15) is 5.75 Å². The van der Waals surface area contributed by atoms with E-state index in [1.165, 1.54) is 24.3 Å². The van der Waals surface area contributed by atoms with E-state index in [0.29, 0.717) is 25.6 Å². The van der Waals surface area contributed by atoms with Gasteiger partial charge in [0.05, 0.1) is 18.1 Å². The number of aliphatic hydroxyl groups excluding tert-OH is 1. The van der Waals surface area contributed by atoms with E-state index in [1.54, 1.807) is 13.8 Å². The normalized spacial score (nSPS) is 10.5. The molecule has 9 heteroatoms. The van der Waals surface area contributed by atoms with Crippen LogP contribution in [0.15, 0.2) is 24.3 Å². The topological polar surface area (TPSA) is 91.1 Å². The average molecular weight is 351 g/mol. The van der Waals surface area contributed by atoms with Crippen molar-refractivity contribution in [3.8, 4) is 5.75 Å². The quantitative estimate of drug-likeness (QED) is 0.434. The third-order valence-corrected chi connectivity index (χ3v) is 4.50. The summed E-state index contributed by atoms with van der Waals surface area (Å²) in [5.41, 5.74) is -0.0107. The molecule has 1 aromatic rings. The minimum absolute atomic E-state index is 0.0107. The summed E-state index contributed by atoms with van der Waals surface area (Å²) >= 11 is 5.18. The number of nitrogens with zero attached hydrogens (tertiary/aromatic N) is 1. The van der Waals surface area contributed by atoms with Gasteiger partial charge in [-0.2, -0.15) is 0 Å². The Morgan fingerprint density at radius 2 is 1.64 bits per heavy atom. The second kappa shape index (κ2) is 11.5. The molecule has 0 heterocycles. The van der Waals surface area contributed by atoms with Crippen LogP contribution in [0.4, 0.5) is 5.69 Å². The molecule has 126 valence electrons. The molecule has 1 rings (SSSR count). The van der Waals surface area contributed by atoms with Crippen molar-refractivity contribution in [2.24, 2.45) is 0 Å². The van der Waals surface area contributed by atoms with Gasteiger partial charge in [-0.3, -0.25) is 19.2 Å². The van der Waals surface area contributed by atoms with E-state index in [9.17, 15) is 10.1 Å². The van der Waals surface area contributed by atoms with E-state index in [2.05, 4.69) is 0 Å². The number of benzene rings is 1. The number of nitro benzene ring substituents is 1. The summed E-state index contributed by atoms with van der Waals surface area (Å²) in [4.78, 5) is 10.0. The smallest absolute Gasteiger partial charge is 0.380 e. The summed E-state index contributed by atoms with van der Waals surface area (Å²) in [5.74, 6) is 0.394. The van der Waals surface area contributed by atoms with Crippen molar-refractivity contribution in [3.63, 3.8) is 0 Å². The lowest BCUT2D eigenvalue weighted by Gasteiger charge is -2.20. The maximum Gasteiger partial charge on any atom is 0.380 e. The fourth-order valence-electron chi connectivity index (χ4n) is 1.16. The van der Waals surface area contributed by atoms with Gasteiger partial charge in [0.15, 0.2) is 0 Å². The predicted octanol–water partition coefficient (Wildman–Crippen LogP) is 3.66. The Kier molecular flexibility index (Phi) is 11.0. The maximum absolute atomic E-state index is 10.5. The fraction of sp³-hybridized carbons (Fsp3) is 0.538. The Morgan fingerprint density at radius 3 is 1.95 bits per heavy atom. The lowest BCUT2D eigenvalue weighted by atomic mass is 10.3. The van der Waals surface area contributed by atoms with Crippen molar-refractivity contribution < 1.29 is 23.6 Å². The van der Waals surface area contributed by atoms with Crippen molar-refractivity contribution in [2.75, 3.05) is 19.8 Å². The Labute approximate surface area is 135 Å². The lowest BCUT2D eigenvalue weighted by molar-refractivity contribution is -0.384. The first-order valence-corrected chi connectivity index (χ1v) is 9.42. The van der Waals surface area contributed by atoms with Gasteiger partial charge in [0.2, 0.25) is 0 Å². The Bertz CT molecular complexity index is 470. The standard InChI is InChI=1S/C10H14NO5PS.C3H8O/c1-3-14-17(18,15-4-2)16-10-7-5-9(6-8-10)11(12)13;1-2-3-4/h5-8H,3-4H2,1-2H3;4H,2-3H2,1H3. The van der Waals surface area contributed by atoms with Crippen molar-refractivity contribution in [2.45, 2.75) is 27.2 Å². The molecule has 0 fully saturated rings. The Morgan fingerprint density at radius 1 is 1.18 bits per heavy atom. The van der Waals surface area contributed by atoms with Gasteiger partial charge in [-0.15, -0.1) is 0 Å². The second-order valence-electron chi connectivity index (χ2n) is 3.85. The van der Waals surface area contributed by atoms with Crippen molar-refractivity contribution in [3.05, 3.63) is 34.4 Å². The molecule has 1 N–H and O–H groups in total. The summed E-state index contributed by atoms with van der Waals surface area (Å²) in [6.07, 6.45) is 0.875. The molecule has 0 saturated heterocycles. The van der Waals surface area contributed by atoms with Crippen LogP contribution in [0.1, 0.15) is 27.2 Å². The second-order valence-corrected chi connectivity index (χ2v) is 6.78. The van der Waals surface area contributed by atoms with Gasteiger partial charge in [-0.25, -0.2) is 0 Å². The number of hydrogen-bond acceptors (Lipinski definition) is 7. The maximum atomic E-state index is 10.5. The van der Waals surface area contributed by atoms with Crippen LogP contribution in [0, 0.1) is 10.1 Å². The zero-order valence-electron chi connectivity index (χ0n) is 12.9. The van der Waals surface area contributed by atoms with E-state index in [4.69, 9.17) is 30.5 Å². The van der Waals surface area contributed by atoms with E-state index >= 15 is 0 Å². The van der Waals surface area contributed by atoms with Crippen LogP contribution in [0.25, 0.3) is 0 Å². The molecule has 0 bridgehead atoms. The highest BCUT2D eigenvalue weighted by Crippen LogP contribution is 2.49. The first-order valence-electron chi connectivity index (χ1n) is 6.86. The monoisotopic (exact) mass is 351 g/mol. The molecule has 7 nitrogen and oxygen atoms in total. The zero-order chi connectivity index (χ0) is 17.0. The van der Waals surface area contributed by atoms with E-state index in [1.807, 2.05) is 6.92 Å². The number of aliphatic hydroxyl groups is 1. The molecule has 0 unspecified atom stereocenters. The molecule has 22 heavy (non-hydrogen) atoms. The molecule has 0 saturated carbocycles. The fourth-order valence-corrected chi connectivity index (χ4v) is 3.25. The van der Waals surface area contributed by atoms with Gasteiger partial charge in [0, 0.05) is 30.5 Å². The molecule has 0 amide bonds. The SMILES string of the molecule is CCCO.CCOP(=S)(OCC)Oc1ccc([N+](=O)[O-])cc1. The van der Waals surface area contributed by atoms with Gasteiger partial charge in [0.25, 0.3) is 5.69 Å². The van der Waals surface area contributed by atoms with Crippen molar-refractivity contribution >= 4 is 24.2 Å². The first-order chi connectivity index (χ1) is 10.4. The van der Waals surface area contributed by atoms with E-state index in [0.717, 1.165) is 6.42 Å². The van der Waals surface area contributed by atoms with Crippen LogP contribution in [-0.4, -0.2) is 29.9 Å². The molecule has 0 aliphatic heterocycles. The highest BCUT2D eigenvalue weighted by atomic mass is 32.5. The van der Waals surface area contributed by atoms with E-state index < -0.39 is 11.6 Å². The molecular weight excluding hydrogens is 329 g/mol. The number of non-ortho nitro benzene ring substituents is 1.